The van der Waals surface area contributed by atoms with Crippen LogP contribution >= 0.6 is 11.6 Å². The lowest BCUT2D eigenvalue weighted by atomic mass is 9.80. The zero-order valence-electron chi connectivity index (χ0n) is 11.2. The molecule has 0 aromatic carbocycles. The Bertz CT molecular complexity index is 367. The van der Waals surface area contributed by atoms with Gasteiger partial charge in [0.2, 0.25) is 0 Å². The van der Waals surface area contributed by atoms with Crippen LogP contribution in [-0.4, -0.2) is 17.4 Å². The topological polar surface area (TPSA) is 24.9 Å². The van der Waals surface area contributed by atoms with Crippen molar-refractivity contribution in [3.63, 3.8) is 0 Å². The summed E-state index contributed by atoms with van der Waals surface area (Å²) in [5.41, 5.74) is 2.50. The Balaban J connectivity index is 1.77. The van der Waals surface area contributed by atoms with E-state index in [2.05, 4.69) is 23.3 Å². The Labute approximate surface area is 115 Å². The van der Waals surface area contributed by atoms with E-state index >= 15 is 0 Å². The van der Waals surface area contributed by atoms with Crippen molar-refractivity contribution in [1.29, 1.82) is 0 Å². The highest BCUT2D eigenvalue weighted by atomic mass is 35.5. The molecule has 1 heterocycles. The lowest BCUT2D eigenvalue weighted by molar-refractivity contribution is 0.250. The van der Waals surface area contributed by atoms with Gasteiger partial charge in [-0.25, -0.2) is 0 Å². The van der Waals surface area contributed by atoms with Gasteiger partial charge in [0.15, 0.2) is 0 Å². The molecule has 2 rings (SSSR count). The summed E-state index contributed by atoms with van der Waals surface area (Å²) in [5, 5.41) is 3.56. The molecule has 1 aromatic heterocycles. The Kier molecular flexibility index (Phi) is 5.45. The molecule has 0 bridgehead atoms. The van der Waals surface area contributed by atoms with Gasteiger partial charge in [-0.3, -0.25) is 4.98 Å². The maximum atomic E-state index is 6.05. The minimum atomic E-state index is 0.712. The second-order valence-electron chi connectivity index (χ2n) is 5.46. The van der Waals surface area contributed by atoms with Gasteiger partial charge in [-0.15, -0.1) is 11.6 Å². The fourth-order valence-corrected chi connectivity index (χ4v) is 3.28. The number of hydrogen-bond donors (Lipinski definition) is 1. The lowest BCUT2D eigenvalue weighted by Gasteiger charge is -2.30. The van der Waals surface area contributed by atoms with E-state index in [4.69, 9.17) is 11.6 Å². The maximum absolute atomic E-state index is 6.05. The molecule has 2 atom stereocenters. The Hall–Kier alpha value is -0.600. The quantitative estimate of drug-likeness (QED) is 0.825. The van der Waals surface area contributed by atoms with Gasteiger partial charge < -0.3 is 5.32 Å². The van der Waals surface area contributed by atoms with Crippen molar-refractivity contribution in [3.8, 4) is 0 Å². The molecule has 100 valence electrons. The Morgan fingerprint density at radius 1 is 1.28 bits per heavy atom. The molecule has 2 unspecified atom stereocenters. The van der Waals surface area contributed by atoms with E-state index in [1.165, 1.54) is 36.8 Å². The fraction of sp³-hybridized carbons (Fsp3) is 0.667. The van der Waals surface area contributed by atoms with E-state index in [9.17, 15) is 0 Å². The molecule has 2 nitrogen and oxygen atoms in total. The van der Waals surface area contributed by atoms with Crippen molar-refractivity contribution in [3.05, 3.63) is 29.6 Å². The molecular formula is C15H23ClN2. The van der Waals surface area contributed by atoms with E-state index in [1.54, 1.807) is 0 Å². The number of nitrogens with zero attached hydrogens (tertiary/aromatic N) is 1. The van der Waals surface area contributed by atoms with Crippen molar-refractivity contribution >= 4 is 11.6 Å². The van der Waals surface area contributed by atoms with Gasteiger partial charge in [-0.1, -0.05) is 18.9 Å². The first kappa shape index (κ1) is 13.8. The first-order valence-corrected chi connectivity index (χ1v) is 7.50. The zero-order valence-corrected chi connectivity index (χ0v) is 11.9. The first-order valence-electron chi connectivity index (χ1n) is 6.97. The van der Waals surface area contributed by atoms with Crippen LogP contribution in [-0.2, 0) is 6.54 Å². The molecule has 1 aliphatic rings. The number of aromatic nitrogens is 1. The molecule has 1 aromatic rings. The van der Waals surface area contributed by atoms with Crippen molar-refractivity contribution in [2.24, 2.45) is 11.8 Å². The number of rotatable bonds is 5. The van der Waals surface area contributed by atoms with Crippen LogP contribution in [0, 0.1) is 18.8 Å². The van der Waals surface area contributed by atoms with Gasteiger partial charge in [0.05, 0.1) is 0 Å². The summed E-state index contributed by atoms with van der Waals surface area (Å²) < 4.78 is 0. The summed E-state index contributed by atoms with van der Waals surface area (Å²) in [6.45, 7) is 4.09. The summed E-state index contributed by atoms with van der Waals surface area (Å²) in [7, 11) is 0. The standard InChI is InChI=1S/C15H23ClN2/c1-12-6-13(9-17-8-12)10-18-11-15-5-3-2-4-14(15)7-16/h6,8-9,14-15,18H,2-5,7,10-11H2,1H3. The third-order valence-corrected chi connectivity index (χ3v) is 4.33. The second kappa shape index (κ2) is 7.10. The SMILES string of the molecule is Cc1cncc(CNCC2CCCCC2CCl)c1. The predicted octanol–water partition coefficient (Wildman–Crippen LogP) is 3.52. The van der Waals surface area contributed by atoms with Crippen LogP contribution in [0.4, 0.5) is 0 Å². The summed E-state index contributed by atoms with van der Waals surface area (Å²) in [6.07, 6.45) is 9.20. The minimum Gasteiger partial charge on any atom is -0.312 e. The molecule has 1 N–H and O–H groups in total. The smallest absolute Gasteiger partial charge is 0.0313 e. The number of pyridine rings is 1. The van der Waals surface area contributed by atoms with Gasteiger partial charge in [-0.2, -0.15) is 0 Å². The largest absolute Gasteiger partial charge is 0.312 e. The third-order valence-electron chi connectivity index (χ3n) is 3.93. The van der Waals surface area contributed by atoms with Crippen LogP contribution in [0.5, 0.6) is 0 Å². The van der Waals surface area contributed by atoms with Gasteiger partial charge in [-0.05, 0) is 49.3 Å². The van der Waals surface area contributed by atoms with Gasteiger partial charge in [0.25, 0.3) is 0 Å². The molecule has 0 spiro atoms. The average Bonchev–Trinajstić information content (AvgIpc) is 2.39. The predicted molar refractivity (Wildman–Crippen MR) is 76.8 cm³/mol. The number of halogens is 1. The van der Waals surface area contributed by atoms with Crippen LogP contribution < -0.4 is 5.32 Å². The monoisotopic (exact) mass is 266 g/mol. The summed E-state index contributed by atoms with van der Waals surface area (Å²) >= 11 is 6.05. The van der Waals surface area contributed by atoms with E-state index in [0.29, 0.717) is 5.92 Å². The molecule has 3 heteroatoms. The molecular weight excluding hydrogens is 244 g/mol. The van der Waals surface area contributed by atoms with Gasteiger partial charge >= 0.3 is 0 Å². The van der Waals surface area contributed by atoms with E-state index < -0.39 is 0 Å². The number of alkyl halides is 1. The number of hydrogen-bond acceptors (Lipinski definition) is 2. The van der Waals surface area contributed by atoms with E-state index in [0.717, 1.165) is 24.9 Å². The average molecular weight is 267 g/mol. The second-order valence-corrected chi connectivity index (χ2v) is 5.77. The van der Waals surface area contributed by atoms with Crippen molar-refractivity contribution in [2.75, 3.05) is 12.4 Å². The fourth-order valence-electron chi connectivity index (χ4n) is 2.87. The molecule has 0 aliphatic heterocycles. The number of aryl methyl sites for hydroxylation is 1. The number of nitrogens with one attached hydrogen (secondary N) is 1. The Morgan fingerprint density at radius 3 is 2.78 bits per heavy atom. The van der Waals surface area contributed by atoms with Crippen molar-refractivity contribution in [2.45, 2.75) is 39.2 Å². The highest BCUT2D eigenvalue weighted by Crippen LogP contribution is 2.30. The molecule has 18 heavy (non-hydrogen) atoms. The highest BCUT2D eigenvalue weighted by Gasteiger charge is 2.23. The molecule has 1 aliphatic carbocycles. The highest BCUT2D eigenvalue weighted by molar-refractivity contribution is 6.18. The van der Waals surface area contributed by atoms with E-state index in [1.807, 2.05) is 12.4 Å². The lowest BCUT2D eigenvalue weighted by Crippen LogP contribution is -2.31. The van der Waals surface area contributed by atoms with Crippen molar-refractivity contribution < 1.29 is 0 Å². The molecule has 0 saturated heterocycles. The molecule has 1 saturated carbocycles. The van der Waals surface area contributed by atoms with Gasteiger partial charge in [0.1, 0.15) is 0 Å². The normalized spacial score (nSPS) is 24.1. The van der Waals surface area contributed by atoms with Crippen LogP contribution in [0.2, 0.25) is 0 Å². The minimum absolute atomic E-state index is 0.712. The van der Waals surface area contributed by atoms with Crippen LogP contribution in [0.1, 0.15) is 36.8 Å². The van der Waals surface area contributed by atoms with E-state index in [-0.39, 0.29) is 0 Å². The molecule has 1 fully saturated rings. The van der Waals surface area contributed by atoms with Crippen LogP contribution in [0.15, 0.2) is 18.5 Å². The summed E-state index contributed by atoms with van der Waals surface area (Å²) in [6, 6.07) is 2.19. The van der Waals surface area contributed by atoms with Crippen LogP contribution in [0.25, 0.3) is 0 Å². The zero-order chi connectivity index (χ0) is 12.8. The van der Waals surface area contributed by atoms with Gasteiger partial charge in [0, 0.05) is 24.8 Å². The van der Waals surface area contributed by atoms with Crippen molar-refractivity contribution in [1.82, 2.24) is 10.3 Å². The summed E-state index contributed by atoms with van der Waals surface area (Å²) in [4.78, 5) is 4.22. The molecule has 0 radical (unpaired) electrons. The third kappa shape index (κ3) is 3.96. The molecule has 0 amide bonds. The van der Waals surface area contributed by atoms with Crippen LogP contribution in [0.3, 0.4) is 0 Å². The Morgan fingerprint density at radius 2 is 2.06 bits per heavy atom. The summed E-state index contributed by atoms with van der Waals surface area (Å²) in [5.74, 6) is 2.29. The first-order chi connectivity index (χ1) is 8.79. The maximum Gasteiger partial charge on any atom is 0.0313 e.